The highest BCUT2D eigenvalue weighted by Crippen LogP contribution is 2.15. The lowest BCUT2D eigenvalue weighted by Gasteiger charge is -2.06. The van der Waals surface area contributed by atoms with E-state index in [0.29, 0.717) is 5.11 Å². The van der Waals surface area contributed by atoms with E-state index >= 15 is 0 Å². The number of hydrogen-bond donors (Lipinski definition) is 2. The number of thiocarbonyl (C=S) groups is 1. The molecule has 0 radical (unpaired) electrons. The molecule has 0 saturated carbocycles. The van der Waals surface area contributed by atoms with Crippen molar-refractivity contribution in [3.05, 3.63) is 35.9 Å². The van der Waals surface area contributed by atoms with Gasteiger partial charge in [-0.3, -0.25) is 4.79 Å². The van der Waals surface area contributed by atoms with Crippen LogP contribution in [0.3, 0.4) is 0 Å². The van der Waals surface area contributed by atoms with Gasteiger partial charge in [-0.15, -0.1) is 0 Å². The van der Waals surface area contributed by atoms with Crippen LogP contribution in [0, 0.1) is 0 Å². The van der Waals surface area contributed by atoms with Crippen molar-refractivity contribution in [1.29, 1.82) is 0 Å². The molecule has 1 amide bonds. The molecule has 0 spiro atoms. The predicted molar refractivity (Wildman–Crippen MR) is 53.1 cm³/mol. The number of hydrogen-bond acceptors (Lipinski definition) is 2. The molecule has 1 saturated heterocycles. The average Bonchev–Trinajstić information content (AvgIpc) is 2.47. The van der Waals surface area contributed by atoms with Crippen LogP contribution in [0.4, 0.5) is 0 Å². The summed E-state index contributed by atoms with van der Waals surface area (Å²) in [5.74, 6) is -0.0869. The Labute approximate surface area is 81.1 Å². The highest BCUT2D eigenvalue weighted by Gasteiger charge is 2.27. The highest BCUT2D eigenvalue weighted by molar-refractivity contribution is 7.80. The topological polar surface area (TPSA) is 41.1 Å². The van der Waals surface area contributed by atoms with Crippen molar-refractivity contribution in [2.75, 3.05) is 0 Å². The first-order valence-electron chi connectivity index (χ1n) is 3.93. The molecule has 3 nitrogen and oxygen atoms in total. The van der Waals surface area contributed by atoms with E-state index < -0.39 is 0 Å². The summed E-state index contributed by atoms with van der Waals surface area (Å²) in [7, 11) is 0. The third-order valence-corrected chi connectivity index (χ3v) is 2.13. The Morgan fingerprint density at radius 1 is 1.23 bits per heavy atom. The van der Waals surface area contributed by atoms with Crippen molar-refractivity contribution < 1.29 is 4.79 Å². The summed E-state index contributed by atoms with van der Waals surface area (Å²) in [4.78, 5) is 11.3. The second-order valence-corrected chi connectivity index (χ2v) is 3.21. The number of amides is 1. The smallest absolute Gasteiger partial charge is 0.253 e. The van der Waals surface area contributed by atoms with Crippen LogP contribution in [0.5, 0.6) is 0 Å². The lowest BCUT2D eigenvalue weighted by atomic mass is 10.1. The third kappa shape index (κ3) is 1.53. The molecule has 4 heteroatoms. The van der Waals surface area contributed by atoms with Gasteiger partial charge in [-0.25, -0.2) is 0 Å². The fraction of sp³-hybridized carbons (Fsp3) is 0.111. The average molecular weight is 192 g/mol. The van der Waals surface area contributed by atoms with Crippen molar-refractivity contribution >= 4 is 23.2 Å². The first-order chi connectivity index (χ1) is 6.27. The lowest BCUT2D eigenvalue weighted by Crippen LogP contribution is -2.21. The maximum atomic E-state index is 11.3. The zero-order valence-electron chi connectivity index (χ0n) is 6.78. The molecule has 1 unspecified atom stereocenters. The fourth-order valence-electron chi connectivity index (χ4n) is 1.30. The SMILES string of the molecule is O=C1NC(=S)NC1c1ccccc1. The molecule has 1 aliphatic rings. The maximum absolute atomic E-state index is 11.3. The number of rotatable bonds is 1. The van der Waals surface area contributed by atoms with E-state index in [9.17, 15) is 4.79 Å². The van der Waals surface area contributed by atoms with Crippen LogP contribution in [-0.4, -0.2) is 11.0 Å². The van der Waals surface area contributed by atoms with Crippen molar-refractivity contribution in [1.82, 2.24) is 10.6 Å². The Bertz CT molecular complexity index is 350. The number of carbonyl (C=O) groups excluding carboxylic acids is 1. The summed E-state index contributed by atoms with van der Waals surface area (Å²) in [6, 6.07) is 9.16. The van der Waals surface area contributed by atoms with Gasteiger partial charge in [0.05, 0.1) is 0 Å². The summed E-state index contributed by atoms with van der Waals surface area (Å²) in [5.41, 5.74) is 0.930. The molecule has 66 valence electrons. The van der Waals surface area contributed by atoms with E-state index in [1.54, 1.807) is 0 Å². The molecule has 1 aromatic carbocycles. The van der Waals surface area contributed by atoms with Crippen molar-refractivity contribution in [3.8, 4) is 0 Å². The van der Waals surface area contributed by atoms with E-state index in [-0.39, 0.29) is 11.9 Å². The zero-order chi connectivity index (χ0) is 9.26. The zero-order valence-corrected chi connectivity index (χ0v) is 7.60. The van der Waals surface area contributed by atoms with Gasteiger partial charge in [0, 0.05) is 0 Å². The van der Waals surface area contributed by atoms with Gasteiger partial charge in [0.2, 0.25) is 0 Å². The molecule has 2 rings (SSSR count). The summed E-state index contributed by atoms with van der Waals surface area (Å²) in [5, 5.41) is 5.84. The van der Waals surface area contributed by atoms with Crippen molar-refractivity contribution in [2.24, 2.45) is 0 Å². The minimum absolute atomic E-state index is 0.0869. The van der Waals surface area contributed by atoms with Gasteiger partial charge in [-0.1, -0.05) is 30.3 Å². The first kappa shape index (κ1) is 8.19. The molecular formula is C9H8N2OS. The highest BCUT2D eigenvalue weighted by atomic mass is 32.1. The van der Waals surface area contributed by atoms with E-state index in [0.717, 1.165) is 5.56 Å². The van der Waals surface area contributed by atoms with Crippen LogP contribution in [0.2, 0.25) is 0 Å². The van der Waals surface area contributed by atoms with Crippen LogP contribution < -0.4 is 10.6 Å². The standard InChI is InChI=1S/C9H8N2OS/c12-8-7(10-9(13)11-8)6-4-2-1-3-5-6/h1-5,7H,(H2,10,11,12,13). The summed E-state index contributed by atoms with van der Waals surface area (Å²) >= 11 is 4.83. The van der Waals surface area contributed by atoms with E-state index in [1.165, 1.54) is 0 Å². The molecule has 13 heavy (non-hydrogen) atoms. The Kier molecular flexibility index (Phi) is 1.98. The van der Waals surface area contributed by atoms with Crippen LogP contribution in [0.1, 0.15) is 11.6 Å². The Morgan fingerprint density at radius 2 is 1.92 bits per heavy atom. The lowest BCUT2D eigenvalue weighted by molar-refractivity contribution is -0.120. The molecule has 0 bridgehead atoms. The Hall–Kier alpha value is -1.42. The van der Waals surface area contributed by atoms with E-state index in [2.05, 4.69) is 10.6 Å². The predicted octanol–water partition coefficient (Wildman–Crippen LogP) is 0.732. The summed E-state index contributed by atoms with van der Waals surface area (Å²) in [6.07, 6.45) is 0. The molecule has 0 aliphatic carbocycles. The number of carbonyl (C=O) groups is 1. The molecule has 1 aliphatic heterocycles. The number of nitrogens with one attached hydrogen (secondary N) is 2. The van der Waals surface area contributed by atoms with E-state index in [1.807, 2.05) is 30.3 Å². The molecule has 0 aromatic heterocycles. The first-order valence-corrected chi connectivity index (χ1v) is 4.34. The van der Waals surface area contributed by atoms with Crippen LogP contribution >= 0.6 is 12.2 Å². The van der Waals surface area contributed by atoms with Crippen LogP contribution in [0.15, 0.2) is 30.3 Å². The molecular weight excluding hydrogens is 184 g/mol. The van der Waals surface area contributed by atoms with Crippen LogP contribution in [0.25, 0.3) is 0 Å². The summed E-state index contributed by atoms with van der Waals surface area (Å²) in [6.45, 7) is 0. The maximum Gasteiger partial charge on any atom is 0.253 e. The normalized spacial score (nSPS) is 21.1. The minimum Gasteiger partial charge on any atom is -0.347 e. The van der Waals surface area contributed by atoms with Gasteiger partial charge in [0.25, 0.3) is 5.91 Å². The van der Waals surface area contributed by atoms with E-state index in [4.69, 9.17) is 12.2 Å². The van der Waals surface area contributed by atoms with Crippen molar-refractivity contribution in [3.63, 3.8) is 0 Å². The molecule has 1 heterocycles. The second-order valence-electron chi connectivity index (χ2n) is 2.81. The minimum atomic E-state index is -0.325. The number of benzene rings is 1. The van der Waals surface area contributed by atoms with Crippen LogP contribution in [-0.2, 0) is 4.79 Å². The Morgan fingerprint density at radius 3 is 2.46 bits per heavy atom. The monoisotopic (exact) mass is 192 g/mol. The quantitative estimate of drug-likeness (QED) is 0.645. The van der Waals surface area contributed by atoms with Gasteiger partial charge in [-0.05, 0) is 17.8 Å². The fourth-order valence-corrected chi connectivity index (χ4v) is 1.52. The molecule has 2 N–H and O–H groups in total. The van der Waals surface area contributed by atoms with Gasteiger partial charge < -0.3 is 10.6 Å². The summed E-state index contributed by atoms with van der Waals surface area (Å²) < 4.78 is 0. The largest absolute Gasteiger partial charge is 0.347 e. The molecule has 1 atom stereocenters. The van der Waals surface area contributed by atoms with Crippen molar-refractivity contribution in [2.45, 2.75) is 6.04 Å². The van der Waals surface area contributed by atoms with Gasteiger partial charge in [0.1, 0.15) is 6.04 Å². The Balaban J connectivity index is 2.28. The molecule has 1 aromatic rings. The van der Waals surface area contributed by atoms with Gasteiger partial charge >= 0.3 is 0 Å². The molecule has 1 fully saturated rings. The second kappa shape index (κ2) is 3.14. The van der Waals surface area contributed by atoms with Gasteiger partial charge in [-0.2, -0.15) is 0 Å². The van der Waals surface area contributed by atoms with Gasteiger partial charge in [0.15, 0.2) is 5.11 Å². The third-order valence-electron chi connectivity index (χ3n) is 1.91.